The zero-order valence-electron chi connectivity index (χ0n) is 7.52. The first-order valence-electron chi connectivity index (χ1n) is 4.25. The van der Waals surface area contributed by atoms with Crippen molar-refractivity contribution in [2.75, 3.05) is 0 Å². The van der Waals surface area contributed by atoms with Gasteiger partial charge >= 0.3 is 0 Å². The lowest BCUT2D eigenvalue weighted by Gasteiger charge is -2.19. The van der Waals surface area contributed by atoms with Crippen LogP contribution in [0.25, 0.3) is 0 Å². The van der Waals surface area contributed by atoms with Crippen molar-refractivity contribution in [1.29, 1.82) is 0 Å². The molecule has 0 aromatic heterocycles. The maximum absolute atomic E-state index is 13.5. The number of benzene rings is 1. The second kappa shape index (κ2) is 4.35. The lowest BCUT2D eigenvalue weighted by atomic mass is 10.0. The van der Waals surface area contributed by atoms with Gasteiger partial charge in [-0.05, 0) is 12.5 Å². The van der Waals surface area contributed by atoms with Crippen molar-refractivity contribution >= 4 is 0 Å². The second-order valence-corrected chi connectivity index (χ2v) is 3.13. The van der Waals surface area contributed by atoms with Crippen LogP contribution in [0.5, 0.6) is 0 Å². The van der Waals surface area contributed by atoms with Crippen molar-refractivity contribution in [3.05, 3.63) is 35.9 Å². The van der Waals surface area contributed by atoms with Gasteiger partial charge in [0.1, 0.15) is 6.17 Å². The molecule has 0 amide bonds. The molecule has 72 valence electrons. The van der Waals surface area contributed by atoms with Crippen LogP contribution in [0.3, 0.4) is 0 Å². The quantitative estimate of drug-likeness (QED) is 0.744. The third-order valence-corrected chi connectivity index (χ3v) is 2.01. The smallest absolute Gasteiger partial charge is 0.143 e. The zero-order valence-corrected chi connectivity index (χ0v) is 7.52. The number of nitrogens with two attached hydrogens (primary N) is 1. The number of aliphatic hydroxyl groups is 1. The monoisotopic (exact) mass is 183 g/mol. The molecule has 1 rings (SSSR count). The Kier molecular flexibility index (Phi) is 3.39. The summed E-state index contributed by atoms with van der Waals surface area (Å²) in [6, 6.07) is 7.76. The van der Waals surface area contributed by atoms with Crippen LogP contribution in [0.15, 0.2) is 30.3 Å². The van der Waals surface area contributed by atoms with Crippen LogP contribution in [0.4, 0.5) is 4.39 Å². The van der Waals surface area contributed by atoms with Crippen molar-refractivity contribution in [2.45, 2.75) is 25.2 Å². The third-order valence-electron chi connectivity index (χ3n) is 2.01. The van der Waals surface area contributed by atoms with Crippen molar-refractivity contribution in [3.8, 4) is 0 Å². The fourth-order valence-corrected chi connectivity index (χ4v) is 1.10. The van der Waals surface area contributed by atoms with E-state index in [-0.39, 0.29) is 0 Å². The Hall–Kier alpha value is -0.930. The molecule has 0 aliphatic rings. The van der Waals surface area contributed by atoms with E-state index in [1.807, 2.05) is 6.07 Å². The molecule has 1 aromatic carbocycles. The van der Waals surface area contributed by atoms with Crippen LogP contribution in [0.1, 0.15) is 18.7 Å². The van der Waals surface area contributed by atoms with Gasteiger partial charge in [0.15, 0.2) is 0 Å². The Bertz CT molecular complexity index is 250. The fraction of sp³-hybridized carbons (Fsp3) is 0.400. The molecule has 0 fully saturated rings. The summed E-state index contributed by atoms with van der Waals surface area (Å²) in [6.45, 7) is 1.49. The third kappa shape index (κ3) is 2.50. The first-order valence-corrected chi connectivity index (χ1v) is 4.25. The molecule has 13 heavy (non-hydrogen) atoms. The molecule has 0 saturated carbocycles. The van der Waals surface area contributed by atoms with Gasteiger partial charge in [-0.3, -0.25) is 0 Å². The molecule has 0 spiro atoms. The molecule has 2 nitrogen and oxygen atoms in total. The molecule has 0 heterocycles. The Morgan fingerprint density at radius 1 is 1.31 bits per heavy atom. The predicted octanol–water partition coefficient (Wildman–Crippen LogP) is 1.41. The Labute approximate surface area is 77.2 Å². The molecule has 0 radical (unpaired) electrons. The predicted molar refractivity (Wildman–Crippen MR) is 49.9 cm³/mol. The molecule has 0 aliphatic carbocycles. The molecule has 3 unspecified atom stereocenters. The normalized spacial score (nSPS) is 17.8. The van der Waals surface area contributed by atoms with E-state index in [0.717, 1.165) is 0 Å². The average Bonchev–Trinajstić information content (AvgIpc) is 2.17. The van der Waals surface area contributed by atoms with Crippen LogP contribution in [0.2, 0.25) is 0 Å². The van der Waals surface area contributed by atoms with Gasteiger partial charge in [-0.1, -0.05) is 30.3 Å². The van der Waals surface area contributed by atoms with Crippen LogP contribution in [-0.2, 0) is 0 Å². The molecule has 3 atom stereocenters. The van der Waals surface area contributed by atoms with Gasteiger partial charge in [-0.25, -0.2) is 4.39 Å². The van der Waals surface area contributed by atoms with Gasteiger partial charge in [0.05, 0.1) is 12.1 Å². The molecule has 1 aromatic rings. The molecule has 3 N–H and O–H groups in total. The van der Waals surface area contributed by atoms with Crippen molar-refractivity contribution in [2.24, 2.45) is 5.73 Å². The van der Waals surface area contributed by atoms with E-state index in [0.29, 0.717) is 5.56 Å². The number of hydrogen-bond acceptors (Lipinski definition) is 2. The van der Waals surface area contributed by atoms with Crippen molar-refractivity contribution < 1.29 is 9.50 Å². The number of alkyl halides is 1. The highest BCUT2D eigenvalue weighted by Crippen LogP contribution is 2.21. The van der Waals surface area contributed by atoms with Gasteiger partial charge < -0.3 is 10.8 Å². The highest BCUT2D eigenvalue weighted by atomic mass is 19.1. The first kappa shape index (κ1) is 10.2. The highest BCUT2D eigenvalue weighted by Gasteiger charge is 2.22. The molecule has 0 bridgehead atoms. The van der Waals surface area contributed by atoms with Gasteiger partial charge in [0.25, 0.3) is 0 Å². The largest absolute Gasteiger partial charge is 0.392 e. The van der Waals surface area contributed by atoms with E-state index < -0.39 is 18.3 Å². The SMILES string of the molecule is CC(O)C(N)C(F)c1ccccc1. The van der Waals surface area contributed by atoms with E-state index in [1.54, 1.807) is 24.3 Å². The van der Waals surface area contributed by atoms with Gasteiger partial charge in [-0.15, -0.1) is 0 Å². The Morgan fingerprint density at radius 3 is 2.31 bits per heavy atom. The Morgan fingerprint density at radius 2 is 1.85 bits per heavy atom. The lowest BCUT2D eigenvalue weighted by molar-refractivity contribution is 0.114. The van der Waals surface area contributed by atoms with E-state index in [1.165, 1.54) is 6.92 Å². The van der Waals surface area contributed by atoms with Crippen molar-refractivity contribution in [1.82, 2.24) is 0 Å². The number of hydrogen-bond donors (Lipinski definition) is 2. The number of halogens is 1. The van der Waals surface area contributed by atoms with E-state index in [2.05, 4.69) is 0 Å². The summed E-state index contributed by atoms with van der Waals surface area (Å²) in [5.74, 6) is 0. The number of aliphatic hydroxyl groups excluding tert-OH is 1. The summed E-state index contributed by atoms with van der Waals surface area (Å²) in [5, 5.41) is 9.09. The molecule has 0 saturated heterocycles. The summed E-state index contributed by atoms with van der Waals surface area (Å²) in [7, 11) is 0. The number of rotatable bonds is 3. The minimum absolute atomic E-state index is 0.510. The van der Waals surface area contributed by atoms with E-state index in [9.17, 15) is 4.39 Å². The molecular formula is C10H14FNO. The minimum atomic E-state index is -1.30. The van der Waals surface area contributed by atoms with E-state index in [4.69, 9.17) is 10.8 Å². The average molecular weight is 183 g/mol. The molecular weight excluding hydrogens is 169 g/mol. The summed E-state index contributed by atoms with van der Waals surface area (Å²) in [6.07, 6.45) is -2.14. The van der Waals surface area contributed by atoms with Gasteiger partial charge in [-0.2, -0.15) is 0 Å². The van der Waals surface area contributed by atoms with Crippen LogP contribution < -0.4 is 5.73 Å². The first-order chi connectivity index (χ1) is 6.13. The van der Waals surface area contributed by atoms with E-state index >= 15 is 0 Å². The summed E-state index contributed by atoms with van der Waals surface area (Å²) in [4.78, 5) is 0. The fourth-order valence-electron chi connectivity index (χ4n) is 1.10. The van der Waals surface area contributed by atoms with Crippen LogP contribution in [-0.4, -0.2) is 17.3 Å². The minimum Gasteiger partial charge on any atom is -0.392 e. The van der Waals surface area contributed by atoms with Crippen molar-refractivity contribution in [3.63, 3.8) is 0 Å². The zero-order chi connectivity index (χ0) is 9.84. The molecule has 3 heteroatoms. The summed E-state index contributed by atoms with van der Waals surface area (Å²) >= 11 is 0. The molecule has 0 aliphatic heterocycles. The maximum atomic E-state index is 13.5. The Balaban J connectivity index is 2.73. The summed E-state index contributed by atoms with van der Waals surface area (Å²) < 4.78 is 13.5. The highest BCUT2D eigenvalue weighted by molar-refractivity contribution is 5.19. The van der Waals surface area contributed by atoms with Gasteiger partial charge in [0.2, 0.25) is 0 Å². The standard InChI is InChI=1S/C10H14FNO/c1-7(13)10(12)9(11)8-5-3-2-4-6-8/h2-7,9-10,13H,12H2,1H3. The topological polar surface area (TPSA) is 46.2 Å². The van der Waals surface area contributed by atoms with Crippen LogP contribution in [0, 0.1) is 0 Å². The van der Waals surface area contributed by atoms with Gasteiger partial charge in [0, 0.05) is 0 Å². The lowest BCUT2D eigenvalue weighted by Crippen LogP contribution is -2.36. The maximum Gasteiger partial charge on any atom is 0.143 e. The van der Waals surface area contributed by atoms with Crippen LogP contribution >= 0.6 is 0 Å². The summed E-state index contributed by atoms with van der Waals surface area (Å²) in [5.41, 5.74) is 5.98. The second-order valence-electron chi connectivity index (χ2n) is 3.13.